The van der Waals surface area contributed by atoms with Gasteiger partial charge in [-0.1, -0.05) is 57.4 Å². The van der Waals surface area contributed by atoms with Crippen molar-refractivity contribution in [1.82, 2.24) is 0 Å². The highest BCUT2D eigenvalue weighted by atomic mass is 28.1. The summed E-state index contributed by atoms with van der Waals surface area (Å²) in [5, 5.41) is 8.57. The van der Waals surface area contributed by atoms with Gasteiger partial charge < -0.3 is 5.11 Å². The molecule has 80 valence electrons. The van der Waals surface area contributed by atoms with E-state index in [-0.39, 0.29) is 0 Å². The molecule has 0 saturated carbocycles. The minimum atomic E-state index is 0.375. The molecule has 2 heteroatoms. The van der Waals surface area contributed by atoms with E-state index in [1.165, 1.54) is 67.7 Å². The molecule has 0 radical (unpaired) electrons. The van der Waals surface area contributed by atoms with E-state index in [1.54, 1.807) is 0 Å². The summed E-state index contributed by atoms with van der Waals surface area (Å²) < 4.78 is 0. The van der Waals surface area contributed by atoms with Crippen LogP contribution >= 0.6 is 0 Å². The first-order chi connectivity index (χ1) is 6.41. The summed E-state index contributed by atoms with van der Waals surface area (Å²) in [6.45, 7) is 0.375. The van der Waals surface area contributed by atoms with Gasteiger partial charge in [-0.15, -0.1) is 0 Å². The van der Waals surface area contributed by atoms with Crippen LogP contribution in [-0.4, -0.2) is 22.0 Å². The van der Waals surface area contributed by atoms with Gasteiger partial charge in [-0.3, -0.25) is 0 Å². The molecular formula is C11H26OSi. The highest BCUT2D eigenvalue weighted by Gasteiger charge is 1.91. The summed E-state index contributed by atoms with van der Waals surface area (Å²) in [7, 11) is 1.39. The number of rotatable bonds is 10. The second-order valence-corrected chi connectivity index (χ2v) is 4.91. The van der Waals surface area contributed by atoms with E-state index in [2.05, 4.69) is 0 Å². The predicted molar refractivity (Wildman–Crippen MR) is 63.4 cm³/mol. The monoisotopic (exact) mass is 202 g/mol. The maximum absolute atomic E-state index is 8.57. The first-order valence-corrected chi connectivity index (χ1v) is 7.44. The average molecular weight is 202 g/mol. The molecule has 0 rings (SSSR count). The average Bonchev–Trinajstić information content (AvgIpc) is 2.16. The third kappa shape index (κ3) is 12.2. The molecular weight excluding hydrogens is 176 g/mol. The Morgan fingerprint density at radius 1 is 0.615 bits per heavy atom. The van der Waals surface area contributed by atoms with Gasteiger partial charge in [0.25, 0.3) is 0 Å². The van der Waals surface area contributed by atoms with Gasteiger partial charge in [-0.25, -0.2) is 0 Å². The third-order valence-electron chi connectivity index (χ3n) is 2.51. The van der Waals surface area contributed by atoms with Crippen LogP contribution in [-0.2, 0) is 0 Å². The summed E-state index contributed by atoms with van der Waals surface area (Å²) >= 11 is 0. The molecule has 0 aromatic heterocycles. The van der Waals surface area contributed by atoms with Crippen LogP contribution in [0.15, 0.2) is 0 Å². The molecule has 1 nitrogen and oxygen atoms in total. The van der Waals surface area contributed by atoms with Crippen LogP contribution in [0.25, 0.3) is 0 Å². The molecule has 0 aromatic rings. The molecule has 0 fully saturated rings. The predicted octanol–water partition coefficient (Wildman–Crippen LogP) is 2.27. The Hall–Kier alpha value is 0.177. The molecule has 0 heterocycles. The molecule has 0 atom stereocenters. The minimum Gasteiger partial charge on any atom is -0.396 e. The van der Waals surface area contributed by atoms with E-state index in [1.807, 2.05) is 0 Å². The van der Waals surface area contributed by atoms with Gasteiger partial charge in [-0.05, 0) is 6.42 Å². The molecule has 0 bridgehead atoms. The fraction of sp³-hybridized carbons (Fsp3) is 1.00. The summed E-state index contributed by atoms with van der Waals surface area (Å²) in [4.78, 5) is 0. The van der Waals surface area contributed by atoms with Crippen molar-refractivity contribution in [2.45, 2.75) is 63.8 Å². The number of aliphatic hydroxyl groups excluding tert-OH is 1. The largest absolute Gasteiger partial charge is 0.396 e. The van der Waals surface area contributed by atoms with E-state index in [4.69, 9.17) is 5.11 Å². The summed E-state index contributed by atoms with van der Waals surface area (Å²) in [5.41, 5.74) is 0. The van der Waals surface area contributed by atoms with Crippen LogP contribution in [0.3, 0.4) is 0 Å². The van der Waals surface area contributed by atoms with E-state index >= 15 is 0 Å². The Morgan fingerprint density at radius 2 is 1.00 bits per heavy atom. The topological polar surface area (TPSA) is 20.2 Å². The van der Waals surface area contributed by atoms with Crippen LogP contribution in [0, 0.1) is 0 Å². The quantitative estimate of drug-likeness (QED) is 0.426. The molecule has 0 aliphatic carbocycles. The van der Waals surface area contributed by atoms with Gasteiger partial charge in [0, 0.05) is 16.8 Å². The van der Waals surface area contributed by atoms with E-state index in [0.717, 1.165) is 6.42 Å². The highest BCUT2D eigenvalue weighted by Crippen LogP contribution is 2.09. The number of unbranched alkanes of at least 4 members (excludes halogenated alkanes) is 8. The smallest absolute Gasteiger partial charge is 0.0431 e. The second kappa shape index (κ2) is 12.2. The van der Waals surface area contributed by atoms with Crippen molar-refractivity contribution < 1.29 is 5.11 Å². The van der Waals surface area contributed by atoms with E-state index in [0.29, 0.717) is 6.61 Å². The molecule has 0 aromatic carbocycles. The summed E-state index contributed by atoms with van der Waals surface area (Å²) in [6, 6.07) is 1.48. The Morgan fingerprint density at radius 3 is 1.38 bits per heavy atom. The van der Waals surface area contributed by atoms with E-state index < -0.39 is 0 Å². The lowest BCUT2D eigenvalue weighted by molar-refractivity contribution is 0.282. The Bertz CT molecular complexity index is 76.2. The van der Waals surface area contributed by atoms with Crippen molar-refractivity contribution in [2.24, 2.45) is 0 Å². The fourth-order valence-corrected chi connectivity index (χ4v) is 2.10. The van der Waals surface area contributed by atoms with Gasteiger partial charge >= 0.3 is 0 Å². The second-order valence-electron chi connectivity index (χ2n) is 3.91. The number of hydrogen-bond acceptors (Lipinski definition) is 1. The molecule has 13 heavy (non-hydrogen) atoms. The Labute approximate surface area is 86.4 Å². The molecule has 0 saturated heterocycles. The zero-order valence-corrected chi connectivity index (χ0v) is 11.2. The van der Waals surface area contributed by atoms with E-state index in [9.17, 15) is 0 Å². The van der Waals surface area contributed by atoms with Crippen molar-refractivity contribution in [2.75, 3.05) is 6.61 Å². The van der Waals surface area contributed by atoms with Crippen LogP contribution in [0.1, 0.15) is 57.8 Å². The lowest BCUT2D eigenvalue weighted by Crippen LogP contribution is -1.84. The molecule has 0 aliphatic rings. The van der Waals surface area contributed by atoms with Gasteiger partial charge in [0.1, 0.15) is 0 Å². The molecule has 0 spiro atoms. The molecule has 0 unspecified atom stereocenters. The Kier molecular flexibility index (Phi) is 12.3. The zero-order chi connectivity index (χ0) is 9.78. The zero-order valence-electron chi connectivity index (χ0n) is 9.23. The Balaban J connectivity index is 2.76. The van der Waals surface area contributed by atoms with Crippen molar-refractivity contribution >= 4 is 10.2 Å². The maximum Gasteiger partial charge on any atom is 0.0431 e. The van der Waals surface area contributed by atoms with Gasteiger partial charge in [0.2, 0.25) is 0 Å². The maximum atomic E-state index is 8.57. The minimum absolute atomic E-state index is 0.375. The van der Waals surface area contributed by atoms with Crippen molar-refractivity contribution in [3.63, 3.8) is 0 Å². The lowest BCUT2D eigenvalue weighted by atomic mass is 10.1. The van der Waals surface area contributed by atoms with Crippen molar-refractivity contribution in [1.29, 1.82) is 0 Å². The molecule has 1 N–H and O–H groups in total. The summed E-state index contributed by atoms with van der Waals surface area (Å²) in [6.07, 6.45) is 12.1. The van der Waals surface area contributed by atoms with Crippen LogP contribution in [0.4, 0.5) is 0 Å². The van der Waals surface area contributed by atoms with Crippen LogP contribution in [0.5, 0.6) is 0 Å². The van der Waals surface area contributed by atoms with Gasteiger partial charge in [-0.2, -0.15) is 0 Å². The molecule has 0 amide bonds. The molecule has 0 aliphatic heterocycles. The van der Waals surface area contributed by atoms with Crippen LogP contribution in [0.2, 0.25) is 6.04 Å². The first-order valence-electron chi connectivity index (χ1n) is 6.02. The van der Waals surface area contributed by atoms with Crippen LogP contribution < -0.4 is 0 Å². The number of hydrogen-bond donors (Lipinski definition) is 1. The first kappa shape index (κ1) is 13.2. The summed E-state index contributed by atoms with van der Waals surface area (Å²) in [5.74, 6) is 0. The highest BCUT2D eigenvalue weighted by molar-refractivity contribution is 6.08. The standard InChI is InChI=1S/C11H26OSi/c12-10-8-6-4-2-1-3-5-7-9-11-13/h12H,1-11H2,13H3. The van der Waals surface area contributed by atoms with Gasteiger partial charge in [0.05, 0.1) is 0 Å². The fourth-order valence-electron chi connectivity index (χ4n) is 1.60. The van der Waals surface area contributed by atoms with Crippen molar-refractivity contribution in [3.05, 3.63) is 0 Å². The number of aliphatic hydroxyl groups is 1. The third-order valence-corrected chi connectivity index (χ3v) is 3.22. The van der Waals surface area contributed by atoms with Crippen molar-refractivity contribution in [3.8, 4) is 0 Å². The van der Waals surface area contributed by atoms with Gasteiger partial charge in [0.15, 0.2) is 0 Å². The lowest BCUT2D eigenvalue weighted by Gasteiger charge is -2.00. The SMILES string of the molecule is OCCCCCCCCCCC[SiH3]. The normalized spacial score (nSPS) is 10.8.